The number of hydrogen-bond donors (Lipinski definition) is 1. The largest absolute Gasteiger partial charge is 0.372 e. The van der Waals surface area contributed by atoms with Crippen molar-refractivity contribution < 1.29 is 9.53 Å². The zero-order chi connectivity index (χ0) is 17.0. The van der Waals surface area contributed by atoms with Gasteiger partial charge < -0.3 is 10.1 Å². The summed E-state index contributed by atoms with van der Waals surface area (Å²) in [7, 11) is 1.78. The molecule has 1 heterocycles. The lowest BCUT2D eigenvalue weighted by Crippen LogP contribution is -2.63. The summed E-state index contributed by atoms with van der Waals surface area (Å²) in [5, 5.41) is 7.47. The summed E-state index contributed by atoms with van der Waals surface area (Å²) in [6.45, 7) is 10.5. The van der Waals surface area contributed by atoms with E-state index in [-0.39, 0.29) is 29.1 Å². The second kappa shape index (κ2) is 5.30. The van der Waals surface area contributed by atoms with E-state index >= 15 is 0 Å². The van der Waals surface area contributed by atoms with Crippen LogP contribution in [0, 0.1) is 5.41 Å². The van der Waals surface area contributed by atoms with Gasteiger partial charge in [-0.25, -0.2) is 9.67 Å². The molecule has 1 aromatic heterocycles. The van der Waals surface area contributed by atoms with Crippen LogP contribution >= 0.6 is 0 Å². The number of hydrogen-bond acceptors (Lipinski definition) is 4. The molecule has 1 N–H and O–H groups in total. The Morgan fingerprint density at radius 2 is 2.00 bits per heavy atom. The van der Waals surface area contributed by atoms with Crippen LogP contribution in [-0.4, -0.2) is 38.4 Å². The molecular weight excluding hydrogens is 292 g/mol. The lowest BCUT2D eigenvalue weighted by molar-refractivity contribution is -0.170. The summed E-state index contributed by atoms with van der Waals surface area (Å²) >= 11 is 0. The van der Waals surface area contributed by atoms with Crippen molar-refractivity contribution in [2.45, 2.75) is 77.5 Å². The fraction of sp³-hybridized carbons (Fsp3) is 0.824. The van der Waals surface area contributed by atoms with E-state index in [2.05, 4.69) is 50.0 Å². The van der Waals surface area contributed by atoms with Crippen LogP contribution in [0.15, 0.2) is 0 Å². The van der Waals surface area contributed by atoms with Crippen molar-refractivity contribution in [2.75, 3.05) is 0 Å². The predicted octanol–water partition coefficient (Wildman–Crippen LogP) is 2.40. The van der Waals surface area contributed by atoms with Crippen LogP contribution < -0.4 is 5.32 Å². The van der Waals surface area contributed by atoms with Crippen molar-refractivity contribution in [3.05, 3.63) is 11.6 Å². The molecule has 2 fully saturated rings. The van der Waals surface area contributed by atoms with Crippen LogP contribution in [0.25, 0.3) is 0 Å². The average Bonchev–Trinajstić information content (AvgIpc) is 3.19. The third kappa shape index (κ3) is 3.27. The van der Waals surface area contributed by atoms with Crippen LogP contribution in [0.5, 0.6) is 0 Å². The standard InChI is InChI=1S/C17H28N4O2/c1-16(2,3)23-12-9-11(17(12,4)5)18-15(22)14-19-13(10-7-8-10)20-21(14)6/h10-12H,7-9H2,1-6H3,(H,18,22)/t11-,12+/m1/s1. The highest BCUT2D eigenvalue weighted by molar-refractivity contribution is 5.91. The second-order valence-electron chi connectivity index (χ2n) is 8.49. The Balaban J connectivity index is 1.63. The van der Waals surface area contributed by atoms with Gasteiger partial charge in [0, 0.05) is 24.4 Å². The molecule has 2 aliphatic carbocycles. The molecule has 0 spiro atoms. The Hall–Kier alpha value is -1.43. The molecule has 1 amide bonds. The zero-order valence-electron chi connectivity index (χ0n) is 15.0. The first-order valence-corrected chi connectivity index (χ1v) is 8.47. The summed E-state index contributed by atoms with van der Waals surface area (Å²) < 4.78 is 7.68. The number of aryl methyl sites for hydroxylation is 1. The maximum absolute atomic E-state index is 12.5. The number of rotatable bonds is 4. The van der Waals surface area contributed by atoms with Crippen LogP contribution in [0.3, 0.4) is 0 Å². The van der Waals surface area contributed by atoms with Gasteiger partial charge in [-0.15, -0.1) is 0 Å². The van der Waals surface area contributed by atoms with Gasteiger partial charge >= 0.3 is 0 Å². The van der Waals surface area contributed by atoms with Gasteiger partial charge in [0.25, 0.3) is 5.91 Å². The molecule has 0 saturated heterocycles. The monoisotopic (exact) mass is 320 g/mol. The fourth-order valence-electron chi connectivity index (χ4n) is 3.10. The Labute approximate surface area is 138 Å². The van der Waals surface area contributed by atoms with E-state index < -0.39 is 0 Å². The first kappa shape index (κ1) is 16.4. The van der Waals surface area contributed by atoms with Crippen molar-refractivity contribution in [3.8, 4) is 0 Å². The zero-order valence-corrected chi connectivity index (χ0v) is 15.0. The van der Waals surface area contributed by atoms with Gasteiger partial charge in [0.15, 0.2) is 5.82 Å². The molecule has 0 radical (unpaired) electrons. The van der Waals surface area contributed by atoms with E-state index in [0.717, 1.165) is 25.1 Å². The SMILES string of the molecule is Cn1nc(C2CC2)nc1C(=O)N[C@@H]1C[C@H](OC(C)(C)C)C1(C)C. The number of aromatic nitrogens is 3. The Bertz CT molecular complexity index is 611. The van der Waals surface area contributed by atoms with Crippen molar-refractivity contribution in [3.63, 3.8) is 0 Å². The minimum atomic E-state index is -0.167. The Morgan fingerprint density at radius 3 is 2.52 bits per heavy atom. The molecule has 0 unspecified atom stereocenters. The van der Waals surface area contributed by atoms with E-state index in [9.17, 15) is 4.79 Å². The third-order valence-electron chi connectivity index (χ3n) is 4.90. The molecule has 0 aromatic carbocycles. The summed E-state index contributed by atoms with van der Waals surface area (Å²) in [5.41, 5.74) is -0.249. The first-order chi connectivity index (χ1) is 10.6. The summed E-state index contributed by atoms with van der Waals surface area (Å²) in [6, 6.07) is 0.100. The topological polar surface area (TPSA) is 69.0 Å². The highest BCUT2D eigenvalue weighted by atomic mass is 16.5. The fourth-order valence-corrected chi connectivity index (χ4v) is 3.10. The molecule has 6 nitrogen and oxygen atoms in total. The molecule has 128 valence electrons. The van der Waals surface area contributed by atoms with E-state index in [1.54, 1.807) is 11.7 Å². The predicted molar refractivity (Wildman–Crippen MR) is 87.3 cm³/mol. The van der Waals surface area contributed by atoms with Gasteiger partial charge in [0.2, 0.25) is 5.82 Å². The summed E-state index contributed by atoms with van der Waals surface area (Å²) in [4.78, 5) is 16.9. The molecule has 23 heavy (non-hydrogen) atoms. The molecule has 0 aliphatic heterocycles. The quantitative estimate of drug-likeness (QED) is 0.925. The molecule has 6 heteroatoms. The van der Waals surface area contributed by atoms with Gasteiger partial charge in [-0.1, -0.05) is 13.8 Å². The van der Waals surface area contributed by atoms with E-state index in [1.165, 1.54) is 0 Å². The summed E-state index contributed by atoms with van der Waals surface area (Å²) in [5.74, 6) is 1.52. The van der Waals surface area contributed by atoms with Crippen molar-refractivity contribution >= 4 is 5.91 Å². The van der Waals surface area contributed by atoms with Crippen molar-refractivity contribution in [1.82, 2.24) is 20.1 Å². The van der Waals surface area contributed by atoms with Gasteiger partial charge in [0.1, 0.15) is 0 Å². The van der Waals surface area contributed by atoms with E-state index in [4.69, 9.17) is 4.74 Å². The van der Waals surface area contributed by atoms with Crippen LogP contribution in [0.1, 0.15) is 76.2 Å². The smallest absolute Gasteiger partial charge is 0.289 e. The Kier molecular flexibility index (Phi) is 3.78. The number of nitrogens with zero attached hydrogens (tertiary/aromatic N) is 3. The maximum atomic E-state index is 12.5. The lowest BCUT2D eigenvalue weighted by atomic mass is 9.64. The number of amides is 1. The molecule has 1 aromatic rings. The number of ether oxygens (including phenoxy) is 1. The van der Waals surface area contributed by atoms with Gasteiger partial charge in [0.05, 0.1) is 11.7 Å². The van der Waals surface area contributed by atoms with Crippen LogP contribution in [-0.2, 0) is 11.8 Å². The average molecular weight is 320 g/mol. The normalized spacial score (nSPS) is 26.7. The number of carbonyl (C=O) groups is 1. The molecule has 3 rings (SSSR count). The minimum absolute atomic E-state index is 0.0825. The lowest BCUT2D eigenvalue weighted by Gasteiger charge is -2.53. The minimum Gasteiger partial charge on any atom is -0.372 e. The van der Waals surface area contributed by atoms with Crippen molar-refractivity contribution in [2.24, 2.45) is 12.5 Å². The highest BCUT2D eigenvalue weighted by Crippen LogP contribution is 2.44. The van der Waals surface area contributed by atoms with Gasteiger partial charge in [-0.05, 0) is 40.0 Å². The van der Waals surface area contributed by atoms with Crippen LogP contribution in [0.4, 0.5) is 0 Å². The number of nitrogens with one attached hydrogen (secondary N) is 1. The molecule has 2 atom stereocenters. The first-order valence-electron chi connectivity index (χ1n) is 8.47. The number of carbonyl (C=O) groups excluding carboxylic acids is 1. The summed E-state index contributed by atoms with van der Waals surface area (Å²) in [6.07, 6.45) is 3.26. The molecule has 2 saturated carbocycles. The Morgan fingerprint density at radius 1 is 1.35 bits per heavy atom. The van der Waals surface area contributed by atoms with Crippen LogP contribution in [0.2, 0.25) is 0 Å². The second-order valence-corrected chi connectivity index (χ2v) is 8.49. The van der Waals surface area contributed by atoms with E-state index in [1.807, 2.05) is 0 Å². The van der Waals surface area contributed by atoms with Gasteiger partial charge in [-0.3, -0.25) is 4.79 Å². The van der Waals surface area contributed by atoms with E-state index in [0.29, 0.717) is 11.7 Å². The highest BCUT2D eigenvalue weighted by Gasteiger charge is 2.51. The van der Waals surface area contributed by atoms with Gasteiger partial charge in [-0.2, -0.15) is 5.10 Å². The molecular formula is C17H28N4O2. The third-order valence-corrected chi connectivity index (χ3v) is 4.90. The van der Waals surface area contributed by atoms with Crippen molar-refractivity contribution in [1.29, 1.82) is 0 Å². The molecule has 0 bridgehead atoms. The molecule has 2 aliphatic rings. The maximum Gasteiger partial charge on any atom is 0.289 e.